The van der Waals surface area contributed by atoms with Gasteiger partial charge < -0.3 is 14.2 Å². The van der Waals surface area contributed by atoms with E-state index in [-0.39, 0.29) is 0 Å². The lowest BCUT2D eigenvalue weighted by Gasteiger charge is -2.14. The van der Waals surface area contributed by atoms with Gasteiger partial charge in [-0.3, -0.25) is 0 Å². The molecule has 5 heteroatoms. The van der Waals surface area contributed by atoms with Crippen molar-refractivity contribution in [2.24, 2.45) is 0 Å². The van der Waals surface area contributed by atoms with Gasteiger partial charge in [0, 0.05) is 6.07 Å². The van der Waals surface area contributed by atoms with E-state index in [1.54, 1.807) is 12.1 Å². The molecule has 0 atom stereocenters. The molecule has 0 radical (unpaired) electrons. The number of nitriles is 1. The summed E-state index contributed by atoms with van der Waals surface area (Å²) in [4.78, 5) is 0. The lowest BCUT2D eigenvalue weighted by atomic mass is 10.1. The van der Waals surface area contributed by atoms with Gasteiger partial charge in [-0.25, -0.2) is 0 Å². The molecule has 0 amide bonds. The fourth-order valence-electron chi connectivity index (χ4n) is 2.18. The van der Waals surface area contributed by atoms with Crippen LogP contribution in [0.15, 0.2) is 30.3 Å². The highest BCUT2D eigenvalue weighted by molar-refractivity contribution is 6.32. The van der Waals surface area contributed by atoms with Gasteiger partial charge in [0.2, 0.25) is 0 Å². The minimum absolute atomic E-state index is 0.315. The summed E-state index contributed by atoms with van der Waals surface area (Å²) in [5.41, 5.74) is 2.70. The third-order valence-electron chi connectivity index (χ3n) is 3.28. The van der Waals surface area contributed by atoms with E-state index in [0.29, 0.717) is 35.3 Å². The topological polar surface area (TPSA) is 51.5 Å². The van der Waals surface area contributed by atoms with Crippen molar-refractivity contribution in [1.82, 2.24) is 0 Å². The molecular weight excluding hydrogens is 314 g/mol. The highest BCUT2D eigenvalue weighted by Crippen LogP contribution is 2.36. The molecule has 0 spiro atoms. The molecule has 120 valence electrons. The van der Waals surface area contributed by atoms with Crippen LogP contribution in [0.2, 0.25) is 5.02 Å². The first-order valence-electron chi connectivity index (χ1n) is 7.15. The van der Waals surface area contributed by atoms with Gasteiger partial charge in [-0.05, 0) is 31.5 Å². The van der Waals surface area contributed by atoms with Gasteiger partial charge in [-0.1, -0.05) is 29.3 Å². The number of hydrogen-bond acceptors (Lipinski definition) is 4. The average Bonchev–Trinajstić information content (AvgIpc) is 2.53. The Morgan fingerprint density at radius 1 is 1.04 bits per heavy atom. The summed E-state index contributed by atoms with van der Waals surface area (Å²) in [6.07, 6.45) is 0. The van der Waals surface area contributed by atoms with Crippen molar-refractivity contribution in [3.05, 3.63) is 52.0 Å². The summed E-state index contributed by atoms with van der Waals surface area (Å²) in [5.74, 6) is 1.68. The molecule has 23 heavy (non-hydrogen) atoms. The molecule has 0 aliphatic rings. The molecule has 0 saturated heterocycles. The quantitative estimate of drug-likeness (QED) is 0.741. The number of nitrogens with zero attached hydrogens (tertiary/aromatic N) is 1. The number of aryl methyl sites for hydroxylation is 2. The van der Waals surface area contributed by atoms with Crippen molar-refractivity contribution in [2.75, 3.05) is 20.3 Å². The van der Waals surface area contributed by atoms with E-state index in [0.717, 1.165) is 11.3 Å². The van der Waals surface area contributed by atoms with Gasteiger partial charge in [0.05, 0.1) is 23.8 Å². The van der Waals surface area contributed by atoms with E-state index < -0.39 is 0 Å². The fraction of sp³-hybridized carbons (Fsp3) is 0.278. The van der Waals surface area contributed by atoms with E-state index >= 15 is 0 Å². The summed E-state index contributed by atoms with van der Waals surface area (Å²) >= 11 is 6.13. The molecule has 0 fully saturated rings. The Hall–Kier alpha value is -2.38. The lowest BCUT2D eigenvalue weighted by Crippen LogP contribution is -2.10. The number of ether oxygens (including phenoxy) is 3. The molecule has 0 saturated carbocycles. The van der Waals surface area contributed by atoms with Crippen LogP contribution in [-0.4, -0.2) is 20.3 Å². The van der Waals surface area contributed by atoms with Gasteiger partial charge in [-0.2, -0.15) is 5.26 Å². The number of benzene rings is 2. The van der Waals surface area contributed by atoms with Crippen LogP contribution in [0.5, 0.6) is 17.2 Å². The predicted molar refractivity (Wildman–Crippen MR) is 89.6 cm³/mol. The van der Waals surface area contributed by atoms with Crippen LogP contribution in [0.4, 0.5) is 0 Å². The van der Waals surface area contributed by atoms with Gasteiger partial charge >= 0.3 is 0 Å². The van der Waals surface area contributed by atoms with Crippen LogP contribution < -0.4 is 14.2 Å². The third-order valence-corrected chi connectivity index (χ3v) is 3.56. The first-order chi connectivity index (χ1) is 11.0. The van der Waals surface area contributed by atoms with Crippen molar-refractivity contribution in [3.63, 3.8) is 0 Å². The van der Waals surface area contributed by atoms with Gasteiger partial charge in [-0.15, -0.1) is 0 Å². The molecule has 0 aromatic heterocycles. The maximum absolute atomic E-state index is 8.93. The molecule has 2 rings (SSSR count). The van der Waals surface area contributed by atoms with Gasteiger partial charge in [0.25, 0.3) is 0 Å². The average molecular weight is 332 g/mol. The van der Waals surface area contributed by atoms with Crippen molar-refractivity contribution in [2.45, 2.75) is 13.8 Å². The molecule has 0 aliphatic carbocycles. The van der Waals surface area contributed by atoms with E-state index in [4.69, 9.17) is 31.1 Å². The largest absolute Gasteiger partial charge is 0.493 e. The molecular formula is C18H18ClNO3. The molecule has 4 nitrogen and oxygen atoms in total. The standard InChI is InChI=1S/C18H18ClNO3/c1-12-4-5-16(13(2)8-12)22-6-7-23-18-15(19)9-14(11-20)10-17(18)21-3/h4-5,8-10H,6-7H2,1-3H3. The highest BCUT2D eigenvalue weighted by atomic mass is 35.5. The second kappa shape index (κ2) is 7.75. The highest BCUT2D eigenvalue weighted by Gasteiger charge is 2.12. The minimum Gasteiger partial charge on any atom is -0.493 e. The minimum atomic E-state index is 0.315. The first kappa shape index (κ1) is 17.0. The van der Waals surface area contributed by atoms with E-state index in [1.807, 2.05) is 32.0 Å². The SMILES string of the molecule is COc1cc(C#N)cc(Cl)c1OCCOc1ccc(C)cc1C. The summed E-state index contributed by atoms with van der Waals surface area (Å²) in [6, 6.07) is 11.2. The molecule has 2 aromatic carbocycles. The third kappa shape index (κ3) is 4.30. The van der Waals surface area contributed by atoms with Crippen molar-refractivity contribution >= 4 is 11.6 Å². The molecule has 0 aliphatic heterocycles. The molecule has 0 unspecified atom stereocenters. The summed E-state index contributed by atoms with van der Waals surface area (Å²) < 4.78 is 16.6. The zero-order valence-electron chi connectivity index (χ0n) is 13.4. The fourth-order valence-corrected chi connectivity index (χ4v) is 2.45. The molecule has 2 aromatic rings. The molecule has 0 N–H and O–H groups in total. The Labute approximate surface area is 141 Å². The maximum Gasteiger partial charge on any atom is 0.179 e. The van der Waals surface area contributed by atoms with Crippen molar-refractivity contribution in [3.8, 4) is 23.3 Å². The van der Waals surface area contributed by atoms with Gasteiger partial charge in [0.1, 0.15) is 19.0 Å². The van der Waals surface area contributed by atoms with Crippen LogP contribution in [0.1, 0.15) is 16.7 Å². The van der Waals surface area contributed by atoms with Crippen LogP contribution in [0, 0.1) is 25.2 Å². The number of hydrogen-bond donors (Lipinski definition) is 0. The zero-order valence-corrected chi connectivity index (χ0v) is 14.1. The number of rotatable bonds is 6. The monoisotopic (exact) mass is 331 g/mol. The van der Waals surface area contributed by atoms with E-state index in [2.05, 4.69) is 6.07 Å². The van der Waals surface area contributed by atoms with Crippen LogP contribution >= 0.6 is 11.6 Å². The second-order valence-electron chi connectivity index (χ2n) is 5.07. The summed E-state index contributed by atoms with van der Waals surface area (Å²) in [7, 11) is 1.51. The Balaban J connectivity index is 1.98. The zero-order chi connectivity index (χ0) is 16.8. The predicted octanol–water partition coefficient (Wildman–Crippen LogP) is 4.29. The van der Waals surface area contributed by atoms with Crippen molar-refractivity contribution < 1.29 is 14.2 Å². The van der Waals surface area contributed by atoms with E-state index in [9.17, 15) is 0 Å². The number of halogens is 1. The summed E-state index contributed by atoms with van der Waals surface area (Å²) in [5, 5.41) is 9.27. The Bertz CT molecular complexity index is 738. The van der Waals surface area contributed by atoms with Gasteiger partial charge in [0.15, 0.2) is 11.5 Å². The van der Waals surface area contributed by atoms with Crippen LogP contribution in [0.3, 0.4) is 0 Å². The molecule has 0 bridgehead atoms. The van der Waals surface area contributed by atoms with Crippen LogP contribution in [-0.2, 0) is 0 Å². The first-order valence-corrected chi connectivity index (χ1v) is 7.53. The molecule has 0 heterocycles. The maximum atomic E-state index is 8.93. The number of methoxy groups -OCH3 is 1. The van der Waals surface area contributed by atoms with E-state index in [1.165, 1.54) is 12.7 Å². The summed E-state index contributed by atoms with van der Waals surface area (Å²) in [6.45, 7) is 4.74. The normalized spacial score (nSPS) is 10.0. The smallest absolute Gasteiger partial charge is 0.179 e. The van der Waals surface area contributed by atoms with Crippen molar-refractivity contribution in [1.29, 1.82) is 5.26 Å². The Kier molecular flexibility index (Phi) is 5.72. The second-order valence-corrected chi connectivity index (χ2v) is 5.47. The lowest BCUT2D eigenvalue weighted by molar-refractivity contribution is 0.210. The van der Waals surface area contributed by atoms with Crippen LogP contribution in [0.25, 0.3) is 0 Å². The Morgan fingerprint density at radius 2 is 1.78 bits per heavy atom. The Morgan fingerprint density at radius 3 is 2.43 bits per heavy atom.